The van der Waals surface area contributed by atoms with Crippen LogP contribution in [0.15, 0.2) is 22.7 Å². The number of hydrogen-bond donors (Lipinski definition) is 1. The van der Waals surface area contributed by atoms with Gasteiger partial charge in [-0.15, -0.1) is 0 Å². The van der Waals surface area contributed by atoms with Crippen LogP contribution in [-0.4, -0.2) is 29.9 Å². The predicted molar refractivity (Wildman–Crippen MR) is 79.1 cm³/mol. The lowest BCUT2D eigenvalue weighted by atomic mass is 10.1. The maximum atomic E-state index is 14.0. The molecule has 0 heterocycles. The number of aliphatic imine (C=N–C) groups is 1. The van der Waals surface area contributed by atoms with E-state index in [9.17, 15) is 18.7 Å². The molecule has 1 fully saturated rings. The van der Waals surface area contributed by atoms with Crippen molar-refractivity contribution in [1.82, 2.24) is 0 Å². The van der Waals surface area contributed by atoms with Gasteiger partial charge in [0.2, 0.25) is 0 Å². The number of aliphatic hydroxyl groups is 1. The second-order valence-corrected chi connectivity index (χ2v) is 5.09. The summed E-state index contributed by atoms with van der Waals surface area (Å²) in [6, 6.07) is 1.99. The van der Waals surface area contributed by atoms with Crippen LogP contribution < -0.4 is 0 Å². The van der Waals surface area contributed by atoms with Gasteiger partial charge in [0.1, 0.15) is 22.2 Å². The van der Waals surface area contributed by atoms with Gasteiger partial charge < -0.3 is 9.84 Å². The van der Waals surface area contributed by atoms with Gasteiger partial charge in [0.25, 0.3) is 0 Å². The van der Waals surface area contributed by atoms with Crippen LogP contribution in [0.3, 0.4) is 0 Å². The summed E-state index contributed by atoms with van der Waals surface area (Å²) in [5.41, 5.74) is -0.688. The lowest BCUT2D eigenvalue weighted by Gasteiger charge is -2.09. The number of aliphatic hydroxyl groups excluding tert-OH is 1. The molecule has 1 aromatic carbocycles. The van der Waals surface area contributed by atoms with Gasteiger partial charge in [0.05, 0.1) is 18.2 Å². The van der Waals surface area contributed by atoms with Crippen molar-refractivity contribution in [1.29, 1.82) is 0 Å². The summed E-state index contributed by atoms with van der Waals surface area (Å²) in [6.07, 6.45) is 2.94. The van der Waals surface area contributed by atoms with Gasteiger partial charge in [0.15, 0.2) is 5.82 Å². The Labute approximate surface area is 131 Å². The zero-order valence-electron chi connectivity index (χ0n) is 11.8. The van der Waals surface area contributed by atoms with Gasteiger partial charge in [-0.3, -0.25) is 4.99 Å². The molecule has 0 aliphatic heterocycles. The third-order valence-electron chi connectivity index (χ3n) is 3.00. The molecule has 0 amide bonds. The summed E-state index contributed by atoms with van der Waals surface area (Å²) in [4.78, 5) is 16.0. The molecule has 1 aliphatic rings. The lowest BCUT2D eigenvalue weighted by molar-refractivity contribution is -0.137. The third-order valence-corrected chi connectivity index (χ3v) is 3.35. The average Bonchev–Trinajstić information content (AvgIpc) is 3.29. The molecule has 1 saturated carbocycles. The molecular formula is C15H14ClF2NO3. The molecule has 0 radical (unpaired) electrons. The van der Waals surface area contributed by atoms with Crippen molar-refractivity contribution in [2.45, 2.75) is 25.8 Å². The predicted octanol–water partition coefficient (Wildman–Crippen LogP) is 3.68. The Hall–Kier alpha value is -1.95. The molecule has 1 aromatic rings. The van der Waals surface area contributed by atoms with Crippen molar-refractivity contribution in [3.63, 3.8) is 0 Å². The number of carbonyl (C=O) groups is 1. The number of rotatable bonds is 5. The first kappa shape index (κ1) is 16.4. The third kappa shape index (κ3) is 3.62. The van der Waals surface area contributed by atoms with E-state index in [1.165, 1.54) is 0 Å². The van der Waals surface area contributed by atoms with Crippen molar-refractivity contribution in [2.75, 3.05) is 6.61 Å². The largest absolute Gasteiger partial charge is 0.506 e. The number of esters is 1. The number of ether oxygens (including phenoxy) is 1. The normalized spacial score (nSPS) is 15.8. The van der Waals surface area contributed by atoms with Crippen LogP contribution in [-0.2, 0) is 9.53 Å². The minimum absolute atomic E-state index is 0.0829. The first-order valence-electron chi connectivity index (χ1n) is 6.73. The average molecular weight is 330 g/mol. The Morgan fingerprint density at radius 1 is 1.50 bits per heavy atom. The molecule has 7 heteroatoms. The number of benzene rings is 1. The van der Waals surface area contributed by atoms with E-state index in [-0.39, 0.29) is 18.2 Å². The Morgan fingerprint density at radius 2 is 2.18 bits per heavy atom. The van der Waals surface area contributed by atoms with E-state index in [0.717, 1.165) is 31.2 Å². The van der Waals surface area contributed by atoms with Gasteiger partial charge >= 0.3 is 5.97 Å². The minimum Gasteiger partial charge on any atom is -0.506 e. The lowest BCUT2D eigenvalue weighted by Crippen LogP contribution is -2.12. The second-order valence-electron chi connectivity index (χ2n) is 4.72. The highest BCUT2D eigenvalue weighted by atomic mass is 35.5. The van der Waals surface area contributed by atoms with E-state index in [4.69, 9.17) is 16.3 Å². The van der Waals surface area contributed by atoms with Crippen molar-refractivity contribution in [3.05, 3.63) is 39.9 Å². The van der Waals surface area contributed by atoms with Crippen LogP contribution in [0.5, 0.6) is 0 Å². The highest BCUT2D eigenvalue weighted by Gasteiger charge is 2.24. The first-order chi connectivity index (χ1) is 10.5. The van der Waals surface area contributed by atoms with E-state index < -0.39 is 33.9 Å². The topological polar surface area (TPSA) is 58.9 Å². The molecule has 118 valence electrons. The number of nitrogens with zero attached hydrogens (tertiary/aromatic N) is 1. The van der Waals surface area contributed by atoms with Crippen LogP contribution in [0, 0.1) is 11.6 Å². The van der Waals surface area contributed by atoms with E-state index >= 15 is 0 Å². The summed E-state index contributed by atoms with van der Waals surface area (Å²) in [5.74, 6) is -3.65. The van der Waals surface area contributed by atoms with Crippen molar-refractivity contribution in [2.24, 2.45) is 4.99 Å². The fraction of sp³-hybridized carbons (Fsp3) is 0.333. The van der Waals surface area contributed by atoms with E-state index in [2.05, 4.69) is 4.99 Å². The quantitative estimate of drug-likeness (QED) is 0.295. The van der Waals surface area contributed by atoms with Crippen LogP contribution in [0.25, 0.3) is 5.76 Å². The van der Waals surface area contributed by atoms with Crippen LogP contribution in [0.4, 0.5) is 8.78 Å². The maximum absolute atomic E-state index is 14.0. The highest BCUT2D eigenvalue weighted by Crippen LogP contribution is 2.28. The number of carbonyl (C=O) groups excluding carboxylic acids is 1. The molecule has 1 N–H and O–H groups in total. The van der Waals surface area contributed by atoms with Crippen molar-refractivity contribution < 1.29 is 23.4 Å². The molecule has 0 unspecified atom stereocenters. The summed E-state index contributed by atoms with van der Waals surface area (Å²) in [7, 11) is 0. The molecule has 0 atom stereocenters. The van der Waals surface area contributed by atoms with Crippen LogP contribution >= 0.6 is 11.6 Å². The van der Waals surface area contributed by atoms with Crippen LogP contribution in [0.1, 0.15) is 25.3 Å². The Morgan fingerprint density at radius 3 is 2.77 bits per heavy atom. The van der Waals surface area contributed by atoms with Gasteiger partial charge in [-0.05, 0) is 31.9 Å². The number of hydrogen-bond acceptors (Lipinski definition) is 4. The van der Waals surface area contributed by atoms with Crippen LogP contribution in [0.2, 0.25) is 5.02 Å². The first-order valence-corrected chi connectivity index (χ1v) is 7.10. The Kier molecular flexibility index (Phi) is 5.13. The molecule has 4 nitrogen and oxygen atoms in total. The molecule has 22 heavy (non-hydrogen) atoms. The highest BCUT2D eigenvalue weighted by molar-refractivity contribution is 6.31. The molecule has 0 saturated heterocycles. The van der Waals surface area contributed by atoms with E-state index in [0.29, 0.717) is 0 Å². The fourth-order valence-electron chi connectivity index (χ4n) is 1.68. The molecule has 1 aliphatic carbocycles. The summed E-state index contributed by atoms with van der Waals surface area (Å²) in [6.45, 7) is 1.68. The van der Waals surface area contributed by atoms with Crippen molar-refractivity contribution >= 4 is 29.5 Å². The molecule has 0 spiro atoms. The van der Waals surface area contributed by atoms with Gasteiger partial charge in [-0.1, -0.05) is 11.6 Å². The van der Waals surface area contributed by atoms with Crippen molar-refractivity contribution in [3.8, 4) is 0 Å². The molecule has 0 bridgehead atoms. The number of halogens is 3. The Bertz CT molecular complexity index is 654. The maximum Gasteiger partial charge on any atom is 0.343 e. The van der Waals surface area contributed by atoms with E-state index in [1.54, 1.807) is 6.92 Å². The second kappa shape index (κ2) is 6.87. The molecule has 0 aromatic heterocycles. The monoisotopic (exact) mass is 329 g/mol. The van der Waals surface area contributed by atoms with Gasteiger partial charge in [-0.2, -0.15) is 0 Å². The standard InChI is InChI=1S/C15H14ClF2NO3/c1-2-22-15(21)10(7-19-8-3-4-8)14(20)9-5-6-11(17)12(16)13(9)18/h5-8,20H,2-4H2,1H3. The summed E-state index contributed by atoms with van der Waals surface area (Å²) < 4.78 is 32.0. The van der Waals surface area contributed by atoms with Gasteiger partial charge in [-0.25, -0.2) is 13.6 Å². The summed E-state index contributed by atoms with van der Waals surface area (Å²) >= 11 is 5.48. The Balaban J connectivity index is 2.47. The minimum atomic E-state index is -1.15. The summed E-state index contributed by atoms with van der Waals surface area (Å²) in [5, 5.41) is 9.42. The SMILES string of the molecule is CCOC(=O)C(C=NC1CC1)=C(O)c1ccc(F)c(Cl)c1F. The molecular weight excluding hydrogens is 316 g/mol. The zero-order chi connectivity index (χ0) is 16.3. The van der Waals surface area contributed by atoms with E-state index in [1.807, 2.05) is 0 Å². The zero-order valence-corrected chi connectivity index (χ0v) is 12.5. The fourth-order valence-corrected chi connectivity index (χ4v) is 1.84. The van der Waals surface area contributed by atoms with Gasteiger partial charge in [0, 0.05) is 6.21 Å². The molecule has 2 rings (SSSR count). The smallest absolute Gasteiger partial charge is 0.343 e.